The predicted octanol–water partition coefficient (Wildman–Crippen LogP) is 3.54. The zero-order valence-corrected chi connectivity index (χ0v) is 7.03. The van der Waals surface area contributed by atoms with Crippen LogP contribution in [0.15, 0.2) is 53.1 Å². The van der Waals surface area contributed by atoms with E-state index in [9.17, 15) is 0 Å². The fourth-order valence-corrected chi connectivity index (χ4v) is 1.74. The van der Waals surface area contributed by atoms with Gasteiger partial charge in [0.2, 0.25) is 0 Å². The summed E-state index contributed by atoms with van der Waals surface area (Å²) in [6, 6.07) is 14.4. The van der Waals surface area contributed by atoms with Gasteiger partial charge in [-0.1, -0.05) is 30.3 Å². The Morgan fingerprint density at radius 2 is 1.69 bits per heavy atom. The van der Waals surface area contributed by atoms with Crippen LogP contribution in [0.1, 0.15) is 0 Å². The van der Waals surface area contributed by atoms with Crippen LogP contribution in [0.5, 0.6) is 0 Å². The monoisotopic (exact) mass is 168 g/mol. The Bertz CT molecular complexity index is 522. The molecule has 3 rings (SSSR count). The largest absolute Gasteiger partial charge is 0.464 e. The first-order chi connectivity index (χ1) is 6.45. The molecule has 1 heterocycles. The van der Waals surface area contributed by atoms with Gasteiger partial charge in [0.05, 0.1) is 6.26 Å². The van der Waals surface area contributed by atoms with E-state index in [4.69, 9.17) is 4.42 Å². The molecule has 13 heavy (non-hydrogen) atoms. The molecule has 0 bridgehead atoms. The van der Waals surface area contributed by atoms with Crippen LogP contribution in [0.25, 0.3) is 22.1 Å². The smallest absolute Gasteiger partial charge is 0.134 e. The van der Waals surface area contributed by atoms with E-state index in [2.05, 4.69) is 24.3 Å². The summed E-state index contributed by atoms with van der Waals surface area (Å²) in [6.07, 6.45) is 1.73. The Morgan fingerprint density at radius 1 is 0.846 bits per heavy atom. The van der Waals surface area contributed by atoms with Crippen molar-refractivity contribution in [1.29, 1.82) is 0 Å². The SMILES string of the molecule is c1cc2cccc3occc3c-2c1. The van der Waals surface area contributed by atoms with E-state index >= 15 is 0 Å². The highest BCUT2D eigenvalue weighted by molar-refractivity contribution is 5.94. The lowest BCUT2D eigenvalue weighted by atomic mass is 10.1. The van der Waals surface area contributed by atoms with Crippen molar-refractivity contribution in [2.24, 2.45) is 0 Å². The summed E-state index contributed by atoms with van der Waals surface area (Å²) in [5, 5.41) is 1.19. The van der Waals surface area contributed by atoms with Crippen molar-refractivity contribution in [3.05, 3.63) is 48.7 Å². The Hall–Kier alpha value is -1.76. The molecule has 2 aliphatic carbocycles. The lowest BCUT2D eigenvalue weighted by Gasteiger charge is -1.90. The molecule has 1 heteroatoms. The van der Waals surface area contributed by atoms with Crippen LogP contribution in [0.4, 0.5) is 0 Å². The van der Waals surface area contributed by atoms with Gasteiger partial charge in [0.25, 0.3) is 0 Å². The fourth-order valence-electron chi connectivity index (χ4n) is 1.74. The summed E-state index contributed by atoms with van der Waals surface area (Å²) in [5.41, 5.74) is 3.46. The summed E-state index contributed by atoms with van der Waals surface area (Å²) < 4.78 is 5.36. The Morgan fingerprint density at radius 3 is 2.62 bits per heavy atom. The number of hydrogen-bond acceptors (Lipinski definition) is 1. The molecule has 0 N–H and O–H groups in total. The summed E-state index contributed by atoms with van der Waals surface area (Å²) in [6.45, 7) is 0. The molecule has 2 aliphatic rings. The van der Waals surface area contributed by atoms with Crippen LogP contribution in [-0.2, 0) is 0 Å². The van der Waals surface area contributed by atoms with Gasteiger partial charge in [-0.3, -0.25) is 0 Å². The highest BCUT2D eigenvalue weighted by Gasteiger charge is 2.05. The van der Waals surface area contributed by atoms with E-state index in [1.165, 1.54) is 16.5 Å². The minimum atomic E-state index is 0.946. The van der Waals surface area contributed by atoms with Gasteiger partial charge in [-0.15, -0.1) is 0 Å². The topological polar surface area (TPSA) is 13.1 Å². The second-order valence-electron chi connectivity index (χ2n) is 3.12. The van der Waals surface area contributed by atoms with Crippen molar-refractivity contribution in [3.63, 3.8) is 0 Å². The number of furan rings is 1. The maximum atomic E-state index is 5.36. The summed E-state index contributed by atoms with van der Waals surface area (Å²) in [7, 11) is 0. The van der Waals surface area contributed by atoms with Gasteiger partial charge in [-0.25, -0.2) is 0 Å². The molecule has 0 radical (unpaired) electrons. The van der Waals surface area contributed by atoms with Gasteiger partial charge in [0.15, 0.2) is 0 Å². The van der Waals surface area contributed by atoms with E-state index in [1.807, 2.05) is 18.2 Å². The molecule has 0 unspecified atom stereocenters. The van der Waals surface area contributed by atoms with Crippen molar-refractivity contribution in [1.82, 2.24) is 0 Å². The minimum Gasteiger partial charge on any atom is -0.464 e. The third-order valence-corrected chi connectivity index (χ3v) is 2.36. The standard InChI is InChI=1S/C12H8O/c1-3-9-4-2-6-12-11(7-8-13-12)10(9)5-1/h1-8H. The van der Waals surface area contributed by atoms with Gasteiger partial charge in [0, 0.05) is 5.39 Å². The Kier molecular flexibility index (Phi) is 1.22. The minimum absolute atomic E-state index is 0.946. The Balaban J connectivity index is 2.58. The molecule has 1 nitrogen and oxygen atoms in total. The van der Waals surface area contributed by atoms with Gasteiger partial charge in [-0.2, -0.15) is 0 Å². The third kappa shape index (κ3) is 0.872. The average Bonchev–Trinajstić information content (AvgIpc) is 2.72. The molecule has 0 saturated heterocycles. The first kappa shape index (κ1) is 6.72. The van der Waals surface area contributed by atoms with Crippen LogP contribution in [0.2, 0.25) is 0 Å². The van der Waals surface area contributed by atoms with Gasteiger partial charge >= 0.3 is 0 Å². The lowest BCUT2D eigenvalue weighted by molar-refractivity contribution is 0.616. The molecule has 1 aromatic rings. The quantitative estimate of drug-likeness (QED) is 0.500. The second kappa shape index (κ2) is 2.36. The summed E-state index contributed by atoms with van der Waals surface area (Å²) >= 11 is 0. The average molecular weight is 168 g/mol. The first-order valence-electron chi connectivity index (χ1n) is 4.30. The molecule has 0 fully saturated rings. The van der Waals surface area contributed by atoms with Gasteiger partial charge < -0.3 is 4.42 Å². The maximum absolute atomic E-state index is 5.36. The maximum Gasteiger partial charge on any atom is 0.134 e. The van der Waals surface area contributed by atoms with Crippen molar-refractivity contribution < 1.29 is 4.42 Å². The molecule has 0 amide bonds. The molecule has 1 aromatic heterocycles. The predicted molar refractivity (Wildman–Crippen MR) is 52.8 cm³/mol. The highest BCUT2D eigenvalue weighted by Crippen LogP contribution is 2.30. The van der Waals surface area contributed by atoms with E-state index < -0.39 is 0 Å². The van der Waals surface area contributed by atoms with Crippen LogP contribution in [-0.4, -0.2) is 0 Å². The Labute approximate surface area is 75.9 Å². The second-order valence-corrected chi connectivity index (χ2v) is 3.12. The molecule has 0 atom stereocenters. The fraction of sp³-hybridized carbons (Fsp3) is 0. The molecule has 0 aliphatic heterocycles. The van der Waals surface area contributed by atoms with Gasteiger partial charge in [0.1, 0.15) is 5.58 Å². The zero-order valence-electron chi connectivity index (χ0n) is 7.03. The van der Waals surface area contributed by atoms with E-state index in [-0.39, 0.29) is 0 Å². The zero-order chi connectivity index (χ0) is 8.67. The van der Waals surface area contributed by atoms with E-state index in [0.717, 1.165) is 5.58 Å². The molecule has 0 saturated carbocycles. The van der Waals surface area contributed by atoms with Gasteiger partial charge in [-0.05, 0) is 23.3 Å². The number of rotatable bonds is 0. The molecule has 0 aromatic carbocycles. The molecular weight excluding hydrogens is 160 g/mol. The third-order valence-electron chi connectivity index (χ3n) is 2.36. The lowest BCUT2D eigenvalue weighted by Crippen LogP contribution is -1.64. The van der Waals surface area contributed by atoms with Crippen LogP contribution in [0.3, 0.4) is 0 Å². The van der Waals surface area contributed by atoms with E-state index in [1.54, 1.807) is 6.26 Å². The number of hydrogen-bond donors (Lipinski definition) is 0. The van der Waals surface area contributed by atoms with Crippen molar-refractivity contribution in [2.45, 2.75) is 0 Å². The van der Waals surface area contributed by atoms with Crippen molar-refractivity contribution in [3.8, 4) is 11.1 Å². The summed E-state index contributed by atoms with van der Waals surface area (Å²) in [4.78, 5) is 0. The molecule has 0 spiro atoms. The highest BCUT2D eigenvalue weighted by atomic mass is 16.3. The molecule has 62 valence electrons. The first-order valence-corrected chi connectivity index (χ1v) is 4.30. The van der Waals surface area contributed by atoms with Crippen molar-refractivity contribution >= 4 is 11.0 Å². The van der Waals surface area contributed by atoms with E-state index in [0.29, 0.717) is 0 Å². The van der Waals surface area contributed by atoms with Crippen LogP contribution in [0, 0.1) is 0 Å². The number of fused-ring (bicyclic) bond motifs is 3. The van der Waals surface area contributed by atoms with Crippen molar-refractivity contribution in [2.75, 3.05) is 0 Å². The normalized spacial score (nSPS) is 11.1. The van der Waals surface area contributed by atoms with Crippen LogP contribution >= 0.6 is 0 Å². The summed E-state index contributed by atoms with van der Waals surface area (Å²) in [5.74, 6) is 0. The van der Waals surface area contributed by atoms with Crippen LogP contribution < -0.4 is 0 Å². The molecular formula is C12H8O.